The zero-order chi connectivity index (χ0) is 26.1. The van der Waals surface area contributed by atoms with Gasteiger partial charge in [-0.25, -0.2) is 0 Å². The quantitative estimate of drug-likeness (QED) is 0.405. The fourth-order valence-electron chi connectivity index (χ4n) is 10.3. The van der Waals surface area contributed by atoms with Crippen LogP contribution in [-0.4, -0.2) is 17.5 Å². The summed E-state index contributed by atoms with van der Waals surface area (Å²) in [5.74, 6) is 3.48. The van der Waals surface area contributed by atoms with Crippen LogP contribution in [0.15, 0.2) is 66.7 Å². The number of Topliss-reactive ketones (excluding diaryl/α,β-unsaturated/α-hetero) is 1. The van der Waals surface area contributed by atoms with Gasteiger partial charge in [-0.05, 0) is 103 Å². The van der Waals surface area contributed by atoms with Crippen molar-refractivity contribution in [3.63, 3.8) is 0 Å². The third-order valence-electron chi connectivity index (χ3n) is 12.3. The van der Waals surface area contributed by atoms with Crippen molar-refractivity contribution in [2.24, 2.45) is 40.4 Å². The minimum absolute atomic E-state index is 0.0653. The molecule has 2 nitrogen and oxygen atoms in total. The van der Waals surface area contributed by atoms with Gasteiger partial charge in [-0.3, -0.25) is 4.79 Å². The van der Waals surface area contributed by atoms with Gasteiger partial charge in [0, 0.05) is 11.8 Å². The van der Waals surface area contributed by atoms with Crippen LogP contribution in [0.1, 0.15) is 89.7 Å². The Morgan fingerprint density at radius 3 is 2.32 bits per heavy atom. The van der Waals surface area contributed by atoms with Gasteiger partial charge in [-0.1, -0.05) is 87.5 Å². The van der Waals surface area contributed by atoms with Crippen LogP contribution in [0.3, 0.4) is 0 Å². The minimum atomic E-state index is -0.479. The molecule has 0 aromatic heterocycles. The maximum absolute atomic E-state index is 14.2. The van der Waals surface area contributed by atoms with Crippen LogP contribution < -0.4 is 0 Å². The molecule has 8 rings (SSSR count). The molecule has 200 valence electrons. The lowest BCUT2D eigenvalue weighted by Crippen LogP contribution is -2.74. The number of rotatable bonds is 5. The summed E-state index contributed by atoms with van der Waals surface area (Å²) in [4.78, 5) is 14.2. The van der Waals surface area contributed by atoms with Crippen molar-refractivity contribution >= 4 is 11.4 Å². The van der Waals surface area contributed by atoms with E-state index in [4.69, 9.17) is 4.74 Å². The van der Waals surface area contributed by atoms with Crippen molar-refractivity contribution in [2.75, 3.05) is 0 Å². The van der Waals surface area contributed by atoms with Gasteiger partial charge < -0.3 is 4.74 Å². The van der Waals surface area contributed by atoms with Crippen LogP contribution in [-0.2, 0) is 9.53 Å². The first-order chi connectivity index (χ1) is 18.3. The smallest absolute Gasteiger partial charge is 0.166 e. The monoisotopic (exact) mass is 508 g/mol. The molecule has 6 unspecified atom stereocenters. The first-order valence-corrected chi connectivity index (χ1v) is 15.4. The summed E-state index contributed by atoms with van der Waals surface area (Å²) < 4.78 is 6.93. The molecule has 4 aliphatic carbocycles. The van der Waals surface area contributed by atoms with Crippen molar-refractivity contribution in [1.82, 2.24) is 0 Å². The molecular weight excluding hydrogens is 464 g/mol. The molecule has 6 fully saturated rings. The van der Waals surface area contributed by atoms with Gasteiger partial charge in [0.1, 0.15) is 5.60 Å². The molecule has 2 heteroatoms. The van der Waals surface area contributed by atoms with Gasteiger partial charge in [-0.2, -0.15) is 0 Å². The summed E-state index contributed by atoms with van der Waals surface area (Å²) in [5, 5.41) is 0. The van der Waals surface area contributed by atoms with E-state index in [1.807, 2.05) is 0 Å². The van der Waals surface area contributed by atoms with E-state index in [-0.39, 0.29) is 10.8 Å². The van der Waals surface area contributed by atoms with E-state index in [9.17, 15) is 4.79 Å². The van der Waals surface area contributed by atoms with E-state index in [1.165, 1.54) is 55.2 Å². The lowest BCUT2D eigenvalue weighted by atomic mass is 9.41. The summed E-state index contributed by atoms with van der Waals surface area (Å²) in [6, 6.07) is 21.7. The largest absolute Gasteiger partial charge is 0.363 e. The zero-order valence-electron chi connectivity index (χ0n) is 23.5. The maximum Gasteiger partial charge on any atom is 0.166 e. The average molecular weight is 509 g/mol. The average Bonchev–Trinajstić information content (AvgIpc) is 3.27. The highest BCUT2D eigenvalue weighted by Gasteiger charge is 2.74. The summed E-state index contributed by atoms with van der Waals surface area (Å²) >= 11 is 0. The van der Waals surface area contributed by atoms with E-state index in [2.05, 4.69) is 87.5 Å². The first-order valence-electron chi connectivity index (χ1n) is 15.4. The number of hydrogen-bond acceptors (Lipinski definition) is 2. The maximum atomic E-state index is 14.2. The van der Waals surface area contributed by atoms with Crippen molar-refractivity contribution in [2.45, 2.75) is 90.3 Å². The second-order valence-electron chi connectivity index (χ2n) is 14.2. The van der Waals surface area contributed by atoms with E-state index < -0.39 is 5.60 Å². The van der Waals surface area contributed by atoms with E-state index in [1.54, 1.807) is 0 Å². The Bertz CT molecular complexity index is 1190. The summed E-state index contributed by atoms with van der Waals surface area (Å²) in [5.41, 5.74) is 3.65. The molecule has 2 aromatic carbocycles. The molecule has 2 heterocycles. The Hall–Kier alpha value is -2.19. The van der Waals surface area contributed by atoms with Crippen LogP contribution in [0, 0.1) is 40.4 Å². The van der Waals surface area contributed by atoms with Crippen LogP contribution in [0.4, 0.5) is 0 Å². The number of ketones is 1. The molecule has 38 heavy (non-hydrogen) atoms. The second-order valence-corrected chi connectivity index (χ2v) is 14.2. The molecular formula is C36H44O2. The number of benzene rings is 2. The van der Waals surface area contributed by atoms with Crippen molar-refractivity contribution in [1.29, 1.82) is 0 Å². The fourth-order valence-corrected chi connectivity index (χ4v) is 10.3. The Kier molecular flexibility index (Phi) is 5.82. The highest BCUT2D eigenvalue weighted by atomic mass is 16.5. The summed E-state index contributed by atoms with van der Waals surface area (Å²) in [6.45, 7) is 7.36. The highest BCUT2D eigenvalue weighted by molar-refractivity contribution is 5.91. The van der Waals surface area contributed by atoms with Gasteiger partial charge in [0.05, 0.1) is 6.10 Å². The third kappa shape index (κ3) is 3.51. The van der Waals surface area contributed by atoms with Gasteiger partial charge >= 0.3 is 0 Å². The normalized spacial score (nSPS) is 41.8. The first kappa shape index (κ1) is 24.8. The Morgan fingerprint density at radius 2 is 1.63 bits per heavy atom. The third-order valence-corrected chi connectivity index (χ3v) is 12.3. The topological polar surface area (TPSA) is 26.3 Å². The number of fused-ring (bicyclic) bond motifs is 3. The molecule has 4 saturated carbocycles. The van der Waals surface area contributed by atoms with Crippen molar-refractivity contribution < 1.29 is 9.53 Å². The fraction of sp³-hybridized carbons (Fsp3) is 0.583. The SMILES string of the molecule is CC(CC=C(c1ccccc1)c1ccccc1)C1CC2C3CCC4C[C@@H]5CC[C@]4(C)C3(O5)C(=O)C[C@]2(C)C1. The number of carbonyl (C=O) groups excluding carboxylic acids is 1. The summed E-state index contributed by atoms with van der Waals surface area (Å²) in [6.07, 6.45) is 13.2. The molecule has 4 bridgehead atoms. The molecule has 1 spiro atoms. The molecule has 2 aromatic rings. The lowest BCUT2D eigenvalue weighted by Gasteiger charge is -2.70. The van der Waals surface area contributed by atoms with Crippen LogP contribution in [0.2, 0.25) is 0 Å². The predicted molar refractivity (Wildman–Crippen MR) is 153 cm³/mol. The second kappa shape index (κ2) is 8.91. The number of ether oxygens (including phenoxy) is 1. The lowest BCUT2D eigenvalue weighted by molar-refractivity contribution is -0.306. The van der Waals surface area contributed by atoms with Crippen LogP contribution in [0.5, 0.6) is 0 Å². The van der Waals surface area contributed by atoms with E-state index in [0.29, 0.717) is 41.5 Å². The van der Waals surface area contributed by atoms with Crippen LogP contribution >= 0.6 is 0 Å². The highest BCUT2D eigenvalue weighted by Crippen LogP contribution is 2.72. The molecule has 0 radical (unpaired) electrons. The molecule has 2 saturated heterocycles. The van der Waals surface area contributed by atoms with E-state index in [0.717, 1.165) is 19.3 Å². The Labute approximate surface area is 229 Å². The minimum Gasteiger partial charge on any atom is -0.363 e. The van der Waals surface area contributed by atoms with Gasteiger partial charge in [0.25, 0.3) is 0 Å². The number of carbonyl (C=O) groups is 1. The predicted octanol–water partition coefficient (Wildman–Crippen LogP) is 8.50. The molecule has 2 aliphatic heterocycles. The molecule has 0 N–H and O–H groups in total. The van der Waals surface area contributed by atoms with Crippen molar-refractivity contribution in [3.8, 4) is 0 Å². The van der Waals surface area contributed by atoms with Gasteiger partial charge in [-0.15, -0.1) is 0 Å². The molecule has 0 amide bonds. The van der Waals surface area contributed by atoms with Gasteiger partial charge in [0.2, 0.25) is 0 Å². The number of allylic oxidation sites excluding steroid dienone is 1. The van der Waals surface area contributed by atoms with Crippen molar-refractivity contribution in [3.05, 3.63) is 77.9 Å². The van der Waals surface area contributed by atoms with Gasteiger partial charge in [0.15, 0.2) is 5.78 Å². The Morgan fingerprint density at radius 1 is 0.947 bits per heavy atom. The zero-order valence-corrected chi connectivity index (χ0v) is 23.5. The molecule has 6 aliphatic rings. The molecule has 9 atom stereocenters. The standard InChI is InChI=1S/C36H44O2/c1-24(14-16-30(25-10-6-4-7-11-25)26-12-8-5-9-13-26)27-20-32-31-17-15-28-21-29-18-19-35(28,3)36(31,38-29)33(37)23-34(32,2)22-27/h4-13,16,24,27-29,31-32H,14-15,17-23H2,1-3H3/t24?,27?,28?,29-,31?,32?,34-,35-,36?/m0/s1. The summed E-state index contributed by atoms with van der Waals surface area (Å²) in [7, 11) is 0. The number of hydrogen-bond donors (Lipinski definition) is 0. The van der Waals surface area contributed by atoms with E-state index >= 15 is 0 Å². The van der Waals surface area contributed by atoms with Crippen LogP contribution in [0.25, 0.3) is 5.57 Å². The Balaban J connectivity index is 1.15.